The minimum atomic E-state index is -1.04. The van der Waals surface area contributed by atoms with Crippen LogP contribution in [0.15, 0.2) is 30.5 Å². The molecule has 0 bridgehead atoms. The lowest BCUT2D eigenvalue weighted by atomic mass is 10.1. The number of fused-ring (bicyclic) bond motifs is 1. The molecule has 110 valence electrons. The van der Waals surface area contributed by atoms with E-state index in [-0.39, 0.29) is 11.4 Å². The molecule has 0 aliphatic heterocycles. The number of carbonyl (C=O) groups is 1. The molecule has 0 aliphatic carbocycles. The van der Waals surface area contributed by atoms with E-state index in [1.807, 2.05) is 6.92 Å². The Hall–Kier alpha value is -2.70. The molecule has 0 aliphatic rings. The Kier molecular flexibility index (Phi) is 4.32. The summed E-state index contributed by atoms with van der Waals surface area (Å²) in [6.07, 6.45) is 2.18. The van der Waals surface area contributed by atoms with Crippen LogP contribution >= 0.6 is 0 Å². The van der Waals surface area contributed by atoms with E-state index in [0.717, 1.165) is 6.20 Å². The first kappa shape index (κ1) is 14.7. The number of anilines is 1. The number of rotatable bonds is 6. The minimum absolute atomic E-state index is 0.200. The highest BCUT2D eigenvalue weighted by Crippen LogP contribution is 2.32. The number of aromatic nitrogens is 1. The lowest BCUT2D eigenvalue weighted by molar-refractivity contribution is -0.384. The summed E-state index contributed by atoms with van der Waals surface area (Å²) in [4.78, 5) is 25.9. The van der Waals surface area contributed by atoms with Crippen molar-refractivity contribution in [2.24, 2.45) is 0 Å². The van der Waals surface area contributed by atoms with E-state index in [9.17, 15) is 20.0 Å². The Balaban J connectivity index is 2.55. The Morgan fingerprint density at radius 3 is 2.81 bits per heavy atom. The molecule has 2 N–H and O–H groups in total. The van der Waals surface area contributed by atoms with Gasteiger partial charge in [-0.15, -0.1) is 0 Å². The minimum Gasteiger partial charge on any atom is -0.480 e. The van der Waals surface area contributed by atoms with Crippen molar-refractivity contribution in [2.75, 3.05) is 5.32 Å². The third-order valence-electron chi connectivity index (χ3n) is 3.15. The quantitative estimate of drug-likeness (QED) is 0.625. The van der Waals surface area contributed by atoms with Crippen molar-refractivity contribution in [1.29, 1.82) is 0 Å². The highest BCUT2D eigenvalue weighted by atomic mass is 16.6. The molecule has 0 saturated carbocycles. The molecule has 7 heteroatoms. The fourth-order valence-electron chi connectivity index (χ4n) is 2.14. The number of para-hydroxylation sites is 1. The number of pyridine rings is 1. The largest absolute Gasteiger partial charge is 0.480 e. The van der Waals surface area contributed by atoms with Crippen molar-refractivity contribution < 1.29 is 14.8 Å². The third-order valence-corrected chi connectivity index (χ3v) is 3.15. The number of carboxylic acids is 1. The fraction of sp³-hybridized carbons (Fsp3) is 0.286. The van der Waals surface area contributed by atoms with Gasteiger partial charge in [0.05, 0.1) is 10.4 Å². The number of carboxylic acid groups (broad SMARTS) is 1. The van der Waals surface area contributed by atoms with E-state index in [2.05, 4.69) is 10.3 Å². The first-order valence-corrected chi connectivity index (χ1v) is 6.56. The molecule has 0 radical (unpaired) electrons. The Morgan fingerprint density at radius 1 is 1.48 bits per heavy atom. The number of hydrogen-bond acceptors (Lipinski definition) is 5. The average Bonchev–Trinajstić information content (AvgIpc) is 2.46. The van der Waals surface area contributed by atoms with Crippen LogP contribution in [0.4, 0.5) is 11.4 Å². The van der Waals surface area contributed by atoms with Gasteiger partial charge in [-0.25, -0.2) is 9.78 Å². The summed E-state index contributed by atoms with van der Waals surface area (Å²) in [6.45, 7) is 1.86. The summed E-state index contributed by atoms with van der Waals surface area (Å²) < 4.78 is 0. The van der Waals surface area contributed by atoms with E-state index >= 15 is 0 Å². The predicted molar refractivity (Wildman–Crippen MR) is 78.4 cm³/mol. The monoisotopic (exact) mass is 289 g/mol. The normalized spacial score (nSPS) is 12.0. The van der Waals surface area contributed by atoms with E-state index in [4.69, 9.17) is 0 Å². The molecule has 0 amide bonds. The molecular weight excluding hydrogens is 274 g/mol. The lowest BCUT2D eigenvalue weighted by Gasteiger charge is -2.16. The number of nitro groups is 1. The molecule has 0 fully saturated rings. The number of benzene rings is 1. The van der Waals surface area contributed by atoms with Gasteiger partial charge in [0.1, 0.15) is 17.9 Å². The molecular formula is C14H15N3O4. The molecule has 21 heavy (non-hydrogen) atoms. The second-order valence-corrected chi connectivity index (χ2v) is 4.62. The predicted octanol–water partition coefficient (Wildman–Crippen LogP) is 2.81. The van der Waals surface area contributed by atoms with Crippen LogP contribution in [0.5, 0.6) is 0 Å². The van der Waals surface area contributed by atoms with Gasteiger partial charge in [0.15, 0.2) is 0 Å². The summed E-state index contributed by atoms with van der Waals surface area (Å²) in [5, 5.41) is 23.7. The Bertz CT molecular complexity index is 687. The first-order valence-electron chi connectivity index (χ1n) is 6.56. The van der Waals surface area contributed by atoms with Crippen LogP contribution in [0, 0.1) is 10.1 Å². The van der Waals surface area contributed by atoms with Crippen LogP contribution in [0.25, 0.3) is 10.9 Å². The number of nitrogens with one attached hydrogen (secondary N) is 1. The number of hydrogen-bond donors (Lipinski definition) is 2. The molecule has 2 rings (SSSR count). The van der Waals surface area contributed by atoms with E-state index < -0.39 is 16.9 Å². The van der Waals surface area contributed by atoms with Crippen LogP contribution in [-0.2, 0) is 4.79 Å². The zero-order chi connectivity index (χ0) is 15.4. The van der Waals surface area contributed by atoms with E-state index in [0.29, 0.717) is 23.7 Å². The van der Waals surface area contributed by atoms with Crippen LogP contribution in [0.3, 0.4) is 0 Å². The molecule has 0 saturated heterocycles. The van der Waals surface area contributed by atoms with Crippen LogP contribution in [0.2, 0.25) is 0 Å². The zero-order valence-corrected chi connectivity index (χ0v) is 11.4. The van der Waals surface area contributed by atoms with Gasteiger partial charge in [0.25, 0.3) is 0 Å². The van der Waals surface area contributed by atoms with Gasteiger partial charge in [0, 0.05) is 5.39 Å². The third kappa shape index (κ3) is 3.07. The second-order valence-electron chi connectivity index (χ2n) is 4.62. The topological polar surface area (TPSA) is 105 Å². The van der Waals surface area contributed by atoms with Crippen molar-refractivity contribution in [3.63, 3.8) is 0 Å². The maximum atomic E-state index is 11.3. The van der Waals surface area contributed by atoms with Crippen molar-refractivity contribution in [3.05, 3.63) is 40.6 Å². The van der Waals surface area contributed by atoms with Crippen molar-refractivity contribution in [2.45, 2.75) is 25.8 Å². The van der Waals surface area contributed by atoms with E-state index in [1.54, 1.807) is 24.3 Å². The fourth-order valence-corrected chi connectivity index (χ4v) is 2.14. The summed E-state index contributed by atoms with van der Waals surface area (Å²) in [5.41, 5.74) is 0.550. The molecule has 2 aromatic rings. The second kappa shape index (κ2) is 6.17. The summed E-state index contributed by atoms with van der Waals surface area (Å²) in [5.74, 6) is -1.04. The van der Waals surface area contributed by atoms with Crippen LogP contribution in [-0.4, -0.2) is 27.0 Å². The first-order chi connectivity index (χ1) is 10.0. The Morgan fingerprint density at radius 2 is 2.19 bits per heavy atom. The molecule has 1 atom stereocenters. The van der Waals surface area contributed by atoms with Gasteiger partial charge in [-0.05, 0) is 12.5 Å². The molecule has 1 unspecified atom stereocenters. The van der Waals surface area contributed by atoms with Crippen molar-refractivity contribution in [3.8, 4) is 0 Å². The van der Waals surface area contributed by atoms with Gasteiger partial charge in [-0.1, -0.05) is 31.5 Å². The molecule has 1 heterocycles. The summed E-state index contributed by atoms with van der Waals surface area (Å²) >= 11 is 0. The van der Waals surface area contributed by atoms with Crippen molar-refractivity contribution in [1.82, 2.24) is 4.98 Å². The highest BCUT2D eigenvalue weighted by Gasteiger charge is 2.23. The maximum absolute atomic E-state index is 11.3. The van der Waals surface area contributed by atoms with Gasteiger partial charge in [-0.3, -0.25) is 10.1 Å². The molecule has 0 spiro atoms. The summed E-state index contributed by atoms with van der Waals surface area (Å²) in [6, 6.07) is 6.03. The molecule has 7 nitrogen and oxygen atoms in total. The number of nitrogens with zero attached hydrogens (tertiary/aromatic N) is 2. The highest BCUT2D eigenvalue weighted by molar-refractivity contribution is 5.97. The van der Waals surface area contributed by atoms with Gasteiger partial charge in [-0.2, -0.15) is 0 Å². The van der Waals surface area contributed by atoms with Crippen LogP contribution in [0.1, 0.15) is 19.8 Å². The molecule has 1 aromatic heterocycles. The number of aliphatic carboxylic acids is 1. The lowest BCUT2D eigenvalue weighted by Crippen LogP contribution is -2.29. The average molecular weight is 289 g/mol. The standard InChI is InChI=1S/C14H15N3O4/c1-2-5-11(14(18)19)16-13-9-6-3-4-7-10(9)15-8-12(13)17(20)21/h3-4,6-8,11H,2,5H2,1H3,(H,15,16)(H,18,19). The van der Waals surface area contributed by atoms with Gasteiger partial charge in [0.2, 0.25) is 0 Å². The summed E-state index contributed by atoms with van der Waals surface area (Å²) in [7, 11) is 0. The maximum Gasteiger partial charge on any atom is 0.326 e. The molecule has 1 aromatic carbocycles. The SMILES string of the molecule is CCCC(Nc1c([N+](=O)[O-])cnc2ccccc12)C(=O)O. The smallest absolute Gasteiger partial charge is 0.326 e. The van der Waals surface area contributed by atoms with E-state index in [1.165, 1.54) is 0 Å². The van der Waals surface area contributed by atoms with Crippen molar-refractivity contribution >= 4 is 28.2 Å². The Labute approximate surface area is 120 Å². The van der Waals surface area contributed by atoms with Gasteiger partial charge >= 0.3 is 11.7 Å². The zero-order valence-electron chi connectivity index (χ0n) is 11.4. The van der Waals surface area contributed by atoms with Gasteiger partial charge < -0.3 is 10.4 Å². The van der Waals surface area contributed by atoms with Crippen LogP contribution < -0.4 is 5.32 Å².